The summed E-state index contributed by atoms with van der Waals surface area (Å²) < 4.78 is 1.93. The maximum atomic E-state index is 12.9. The molecule has 5 heteroatoms. The second kappa shape index (κ2) is 6.80. The molecule has 0 atom stereocenters. The number of hydrogen-bond acceptors (Lipinski definition) is 3. The largest absolute Gasteiger partial charge is 0.347 e. The van der Waals surface area contributed by atoms with Gasteiger partial charge in [0.25, 0.3) is 5.91 Å². The van der Waals surface area contributed by atoms with E-state index in [0.29, 0.717) is 12.2 Å². The Morgan fingerprint density at radius 3 is 2.73 bits per heavy atom. The van der Waals surface area contributed by atoms with Gasteiger partial charge in [-0.3, -0.25) is 14.2 Å². The molecule has 1 N–H and O–H groups in total. The van der Waals surface area contributed by atoms with Crippen molar-refractivity contribution in [2.24, 2.45) is 0 Å². The third-order valence-electron chi connectivity index (χ3n) is 4.23. The monoisotopic (exact) mass is 342 g/mol. The summed E-state index contributed by atoms with van der Waals surface area (Å²) in [4.78, 5) is 21.5. The van der Waals surface area contributed by atoms with Gasteiger partial charge in [0, 0.05) is 30.7 Å². The lowest BCUT2D eigenvalue weighted by atomic mass is 10.1. The summed E-state index contributed by atoms with van der Waals surface area (Å²) in [6, 6.07) is 17.6. The van der Waals surface area contributed by atoms with Crippen molar-refractivity contribution in [3.05, 3.63) is 90.0 Å². The van der Waals surface area contributed by atoms with Gasteiger partial charge in [0.15, 0.2) is 5.69 Å². The van der Waals surface area contributed by atoms with E-state index in [1.807, 2.05) is 66.1 Å². The smallest absolute Gasteiger partial charge is 0.272 e. The summed E-state index contributed by atoms with van der Waals surface area (Å²) in [6.45, 7) is 2.50. The van der Waals surface area contributed by atoms with Crippen LogP contribution >= 0.6 is 0 Å². The molecule has 128 valence electrons. The first kappa shape index (κ1) is 16.0. The molecule has 1 amide bonds. The number of carbonyl (C=O) groups excluding carboxylic acids is 1. The highest BCUT2D eigenvalue weighted by Gasteiger charge is 2.19. The number of fused-ring (bicyclic) bond motifs is 1. The number of rotatable bonds is 4. The van der Waals surface area contributed by atoms with E-state index in [9.17, 15) is 4.79 Å². The molecule has 0 saturated heterocycles. The Morgan fingerprint density at radius 1 is 1.08 bits per heavy atom. The Kier molecular flexibility index (Phi) is 4.19. The normalized spacial score (nSPS) is 10.8. The maximum Gasteiger partial charge on any atom is 0.272 e. The van der Waals surface area contributed by atoms with Gasteiger partial charge < -0.3 is 5.32 Å². The third kappa shape index (κ3) is 3.07. The molecule has 0 saturated carbocycles. The lowest BCUT2D eigenvalue weighted by Crippen LogP contribution is -2.23. The highest BCUT2D eigenvalue weighted by atomic mass is 16.1. The molecule has 26 heavy (non-hydrogen) atoms. The fourth-order valence-corrected chi connectivity index (χ4v) is 3.03. The summed E-state index contributed by atoms with van der Waals surface area (Å²) in [5.74, 6) is -0.193. The Balaban J connectivity index is 1.70. The van der Waals surface area contributed by atoms with Crippen molar-refractivity contribution in [2.45, 2.75) is 13.5 Å². The van der Waals surface area contributed by atoms with Crippen LogP contribution in [-0.2, 0) is 6.54 Å². The molecule has 0 aliphatic heterocycles. The molecule has 0 fully saturated rings. The number of nitrogens with one attached hydrogen (secondary N) is 1. The zero-order valence-electron chi connectivity index (χ0n) is 14.4. The number of imidazole rings is 1. The number of pyridine rings is 2. The molecule has 0 unspecified atom stereocenters. The zero-order chi connectivity index (χ0) is 17.9. The number of aryl methyl sites for hydroxylation is 1. The lowest BCUT2D eigenvalue weighted by Gasteiger charge is -2.07. The molecule has 1 aromatic carbocycles. The predicted octanol–water partition coefficient (Wildman–Crippen LogP) is 3.63. The number of carbonyl (C=O) groups is 1. The summed E-state index contributed by atoms with van der Waals surface area (Å²) in [6.07, 6.45) is 5.34. The SMILES string of the molecule is Cc1cccc(CNC(=O)c2nc3ccccn3c2-c2ccncc2)c1. The van der Waals surface area contributed by atoms with E-state index < -0.39 is 0 Å². The highest BCUT2D eigenvalue weighted by Crippen LogP contribution is 2.24. The number of nitrogens with zero attached hydrogens (tertiary/aromatic N) is 3. The van der Waals surface area contributed by atoms with E-state index in [2.05, 4.69) is 21.4 Å². The van der Waals surface area contributed by atoms with Crippen LogP contribution in [0.1, 0.15) is 21.6 Å². The summed E-state index contributed by atoms with van der Waals surface area (Å²) in [7, 11) is 0. The van der Waals surface area contributed by atoms with Gasteiger partial charge in [0.05, 0.1) is 5.69 Å². The van der Waals surface area contributed by atoms with Crippen LogP contribution < -0.4 is 5.32 Å². The van der Waals surface area contributed by atoms with Gasteiger partial charge in [-0.2, -0.15) is 0 Å². The van der Waals surface area contributed by atoms with E-state index in [1.165, 1.54) is 5.56 Å². The zero-order valence-corrected chi connectivity index (χ0v) is 14.4. The van der Waals surface area contributed by atoms with Gasteiger partial charge in [-0.15, -0.1) is 0 Å². The average Bonchev–Trinajstić information content (AvgIpc) is 3.06. The number of hydrogen-bond donors (Lipinski definition) is 1. The molecule has 5 nitrogen and oxygen atoms in total. The first-order chi connectivity index (χ1) is 12.7. The van der Waals surface area contributed by atoms with Crippen molar-refractivity contribution in [1.82, 2.24) is 19.7 Å². The average molecular weight is 342 g/mol. The third-order valence-corrected chi connectivity index (χ3v) is 4.23. The lowest BCUT2D eigenvalue weighted by molar-refractivity contribution is 0.0947. The van der Waals surface area contributed by atoms with Crippen molar-refractivity contribution in [1.29, 1.82) is 0 Å². The van der Waals surface area contributed by atoms with E-state index in [4.69, 9.17) is 0 Å². The fourth-order valence-electron chi connectivity index (χ4n) is 3.03. The molecule has 0 radical (unpaired) electrons. The van der Waals surface area contributed by atoms with Crippen molar-refractivity contribution in [3.63, 3.8) is 0 Å². The van der Waals surface area contributed by atoms with Crippen molar-refractivity contribution in [3.8, 4) is 11.3 Å². The van der Waals surface area contributed by atoms with Gasteiger partial charge in [0.1, 0.15) is 5.65 Å². The Bertz CT molecular complexity index is 1070. The molecule has 3 heterocycles. The molecule has 4 aromatic rings. The summed E-state index contributed by atoms with van der Waals surface area (Å²) in [5.41, 5.74) is 5.05. The second-order valence-corrected chi connectivity index (χ2v) is 6.15. The molecular weight excluding hydrogens is 324 g/mol. The van der Waals surface area contributed by atoms with Gasteiger partial charge in [-0.05, 0) is 36.8 Å². The topological polar surface area (TPSA) is 59.3 Å². The van der Waals surface area contributed by atoms with E-state index in [-0.39, 0.29) is 5.91 Å². The van der Waals surface area contributed by atoms with Crippen molar-refractivity contribution in [2.75, 3.05) is 0 Å². The molecular formula is C21H18N4O. The standard InChI is InChI=1S/C21H18N4O/c1-15-5-4-6-16(13-15)14-23-21(26)19-20(17-8-10-22-11-9-17)25-12-3-2-7-18(25)24-19/h2-13H,14H2,1H3,(H,23,26). The van der Waals surface area contributed by atoms with Crippen LogP contribution in [-0.4, -0.2) is 20.3 Å². The summed E-state index contributed by atoms with van der Waals surface area (Å²) >= 11 is 0. The Morgan fingerprint density at radius 2 is 1.92 bits per heavy atom. The Hall–Kier alpha value is -3.47. The van der Waals surface area contributed by atoms with Gasteiger partial charge in [-0.1, -0.05) is 35.9 Å². The predicted molar refractivity (Wildman–Crippen MR) is 101 cm³/mol. The van der Waals surface area contributed by atoms with Gasteiger partial charge in [0.2, 0.25) is 0 Å². The van der Waals surface area contributed by atoms with Crippen LogP contribution in [0.15, 0.2) is 73.2 Å². The quantitative estimate of drug-likeness (QED) is 0.616. The van der Waals surface area contributed by atoms with E-state index >= 15 is 0 Å². The molecule has 0 aliphatic carbocycles. The number of benzene rings is 1. The first-order valence-electron chi connectivity index (χ1n) is 8.43. The first-order valence-corrected chi connectivity index (χ1v) is 8.43. The van der Waals surface area contributed by atoms with Gasteiger partial charge >= 0.3 is 0 Å². The summed E-state index contributed by atoms with van der Waals surface area (Å²) in [5, 5.41) is 2.98. The molecule has 0 aliphatic rings. The van der Waals surface area contributed by atoms with Crippen molar-refractivity contribution < 1.29 is 4.79 Å². The minimum absolute atomic E-state index is 0.193. The second-order valence-electron chi connectivity index (χ2n) is 6.15. The van der Waals surface area contributed by atoms with Crippen LogP contribution in [0.5, 0.6) is 0 Å². The van der Waals surface area contributed by atoms with Crippen molar-refractivity contribution >= 4 is 11.6 Å². The van der Waals surface area contributed by atoms with Crippen LogP contribution in [0.25, 0.3) is 16.9 Å². The molecule has 0 bridgehead atoms. The van der Waals surface area contributed by atoms with Gasteiger partial charge in [-0.25, -0.2) is 4.98 Å². The van der Waals surface area contributed by atoms with Crippen LogP contribution in [0.3, 0.4) is 0 Å². The number of aromatic nitrogens is 3. The molecule has 3 aromatic heterocycles. The molecule has 0 spiro atoms. The van der Waals surface area contributed by atoms with E-state index in [0.717, 1.165) is 22.5 Å². The highest BCUT2D eigenvalue weighted by molar-refractivity contribution is 5.99. The molecule has 4 rings (SSSR count). The van der Waals surface area contributed by atoms with Crippen LogP contribution in [0.2, 0.25) is 0 Å². The van der Waals surface area contributed by atoms with Crippen LogP contribution in [0, 0.1) is 6.92 Å². The number of amides is 1. The fraction of sp³-hybridized carbons (Fsp3) is 0.0952. The Labute approximate surface area is 151 Å². The minimum atomic E-state index is -0.193. The minimum Gasteiger partial charge on any atom is -0.347 e. The van der Waals surface area contributed by atoms with Crippen LogP contribution in [0.4, 0.5) is 0 Å². The maximum absolute atomic E-state index is 12.9. The van der Waals surface area contributed by atoms with E-state index in [1.54, 1.807) is 12.4 Å².